The van der Waals surface area contributed by atoms with Gasteiger partial charge < -0.3 is 4.90 Å². The number of anilines is 1. The lowest BCUT2D eigenvalue weighted by atomic mass is 9.91. The summed E-state index contributed by atoms with van der Waals surface area (Å²) in [7, 11) is -3.44. The van der Waals surface area contributed by atoms with Gasteiger partial charge in [-0.25, -0.2) is 28.2 Å². The molecule has 38 heavy (non-hydrogen) atoms. The summed E-state index contributed by atoms with van der Waals surface area (Å²) in [6.07, 6.45) is 5.57. The van der Waals surface area contributed by atoms with Crippen molar-refractivity contribution in [2.45, 2.75) is 64.6 Å². The van der Waals surface area contributed by atoms with Gasteiger partial charge in [-0.3, -0.25) is 4.90 Å². The number of fused-ring (bicyclic) bond motifs is 1. The maximum Gasteiger partial charge on any atom is 0.209 e. The number of sulfonamides is 1. The van der Waals surface area contributed by atoms with E-state index in [0.29, 0.717) is 28.4 Å². The first-order valence-corrected chi connectivity index (χ1v) is 15.7. The van der Waals surface area contributed by atoms with Gasteiger partial charge in [0.1, 0.15) is 11.3 Å². The highest BCUT2D eigenvalue weighted by Gasteiger charge is 2.37. The molecule has 0 aliphatic carbocycles. The second kappa shape index (κ2) is 10.9. The number of piperidine rings is 1. The zero-order chi connectivity index (χ0) is 27.2. The molecule has 0 unspecified atom stereocenters. The molecule has 0 amide bonds. The molecule has 12 heteroatoms. The average molecular weight is 581 g/mol. The van der Waals surface area contributed by atoms with Crippen LogP contribution in [0.25, 0.3) is 11.2 Å². The summed E-state index contributed by atoms with van der Waals surface area (Å²) < 4.78 is 25.0. The number of aryl methyl sites for hydroxylation is 1. The van der Waals surface area contributed by atoms with Gasteiger partial charge in [-0.2, -0.15) is 5.10 Å². The monoisotopic (exact) mass is 579 g/mol. The Balaban J connectivity index is 1.35. The van der Waals surface area contributed by atoms with Crippen LogP contribution in [0.1, 0.15) is 56.8 Å². The summed E-state index contributed by atoms with van der Waals surface area (Å²) in [4.78, 5) is 14.6. The van der Waals surface area contributed by atoms with E-state index in [2.05, 4.69) is 16.7 Å². The molecule has 2 aliphatic rings. The Bertz CT molecular complexity index is 1430. The van der Waals surface area contributed by atoms with Crippen LogP contribution in [-0.4, -0.2) is 70.5 Å². The first kappa shape index (κ1) is 27.6. The number of rotatable bonds is 7. The number of nitrogens with two attached hydrogens (primary N) is 1. The van der Waals surface area contributed by atoms with E-state index >= 15 is 0 Å². The molecule has 2 N–H and O–H groups in total. The van der Waals surface area contributed by atoms with Crippen LogP contribution in [0.4, 0.5) is 5.82 Å². The molecule has 9 nitrogen and oxygen atoms in total. The van der Waals surface area contributed by atoms with Gasteiger partial charge in [-0.1, -0.05) is 36.2 Å². The molecular weight excluding hydrogens is 545 g/mol. The second-order valence-corrected chi connectivity index (χ2v) is 13.3. The van der Waals surface area contributed by atoms with Crippen LogP contribution in [0.15, 0.2) is 24.4 Å². The van der Waals surface area contributed by atoms with Crippen molar-refractivity contribution in [3.05, 3.63) is 45.7 Å². The number of primary sulfonamides is 1. The molecule has 206 valence electrons. The van der Waals surface area contributed by atoms with Crippen molar-refractivity contribution >= 4 is 50.2 Å². The smallest absolute Gasteiger partial charge is 0.209 e. The lowest BCUT2D eigenvalue weighted by Gasteiger charge is -2.43. The van der Waals surface area contributed by atoms with E-state index in [1.54, 1.807) is 6.07 Å². The highest BCUT2D eigenvalue weighted by atomic mass is 35.5. The molecule has 0 spiro atoms. The van der Waals surface area contributed by atoms with Gasteiger partial charge in [0.25, 0.3) is 0 Å². The predicted octanol–water partition coefficient (Wildman–Crippen LogP) is 4.41. The summed E-state index contributed by atoms with van der Waals surface area (Å²) in [5, 5.41) is 11.2. The molecule has 3 aromatic rings. The highest BCUT2D eigenvalue weighted by Crippen LogP contribution is 2.34. The van der Waals surface area contributed by atoms with Crippen molar-refractivity contribution in [1.29, 1.82) is 0 Å². The fourth-order valence-corrected chi connectivity index (χ4v) is 7.34. The summed E-state index contributed by atoms with van der Waals surface area (Å²) in [6.45, 7) is 9.00. The van der Waals surface area contributed by atoms with Crippen molar-refractivity contribution < 1.29 is 8.42 Å². The van der Waals surface area contributed by atoms with Gasteiger partial charge in [0.05, 0.1) is 23.7 Å². The number of hydrogen-bond donors (Lipinski definition) is 1. The van der Waals surface area contributed by atoms with Crippen LogP contribution >= 0.6 is 23.2 Å². The molecule has 4 atom stereocenters. The molecule has 2 aliphatic heterocycles. The van der Waals surface area contributed by atoms with E-state index in [1.807, 2.05) is 36.9 Å². The van der Waals surface area contributed by atoms with Crippen molar-refractivity contribution in [1.82, 2.24) is 24.6 Å². The molecule has 2 fully saturated rings. The first-order valence-electron chi connectivity index (χ1n) is 13.2. The van der Waals surface area contributed by atoms with E-state index < -0.39 is 10.0 Å². The molecular formula is C26H35Cl2N7O2S. The van der Waals surface area contributed by atoms with Crippen LogP contribution in [0.2, 0.25) is 10.0 Å². The number of nitrogens with zero attached hydrogens (tertiary/aromatic N) is 6. The van der Waals surface area contributed by atoms with Crippen LogP contribution in [-0.2, 0) is 10.0 Å². The number of benzene rings is 1. The van der Waals surface area contributed by atoms with Crippen LogP contribution < -0.4 is 10.0 Å². The SMILES string of the molecule is Cc1nn([C@H](C)c2ccc(Cl)cc2Cl)c2nc(N3CC[C@H](N4CCC[C@H]4CCS(N)(=O)=O)[C@H](C)C3)cnc12. The van der Waals surface area contributed by atoms with Crippen molar-refractivity contribution in [2.24, 2.45) is 11.1 Å². The Morgan fingerprint density at radius 3 is 2.71 bits per heavy atom. The standard InChI is InChI=1S/C26H35Cl2N7O2S/c1-16-15-33(11-8-23(16)34-10-4-5-20(34)9-12-38(29,36)37)24-14-30-25-17(2)32-35(26(25)31-24)18(3)21-7-6-19(27)13-22(21)28/h6-7,13-14,16,18,20,23H,4-5,8-12,15H2,1-3H3,(H2,29,36,37)/t16-,18-,20+,23+/m1/s1. The lowest BCUT2D eigenvalue weighted by Crippen LogP contribution is -2.52. The fourth-order valence-electron chi connectivity index (χ4n) is 6.18. The van der Waals surface area contributed by atoms with E-state index in [-0.39, 0.29) is 17.8 Å². The fraction of sp³-hybridized carbons (Fsp3) is 0.577. The van der Waals surface area contributed by atoms with Gasteiger partial charge in [0.2, 0.25) is 10.0 Å². The van der Waals surface area contributed by atoms with Crippen molar-refractivity contribution in [3.63, 3.8) is 0 Å². The molecule has 0 radical (unpaired) electrons. The maximum atomic E-state index is 11.5. The first-order chi connectivity index (χ1) is 18.0. The minimum absolute atomic E-state index is 0.0454. The summed E-state index contributed by atoms with van der Waals surface area (Å²) in [5.74, 6) is 1.28. The Morgan fingerprint density at radius 2 is 2.00 bits per heavy atom. The van der Waals surface area contributed by atoms with Crippen LogP contribution in [0.5, 0.6) is 0 Å². The minimum Gasteiger partial charge on any atom is -0.355 e. The second-order valence-electron chi connectivity index (χ2n) is 10.7. The van der Waals surface area contributed by atoms with E-state index in [1.165, 1.54) is 0 Å². The van der Waals surface area contributed by atoms with Gasteiger partial charge >= 0.3 is 0 Å². The number of hydrogen-bond acceptors (Lipinski definition) is 7. The van der Waals surface area contributed by atoms with Gasteiger partial charge in [0, 0.05) is 35.2 Å². The highest BCUT2D eigenvalue weighted by molar-refractivity contribution is 7.89. The van der Waals surface area contributed by atoms with Gasteiger partial charge in [-0.05, 0) is 69.7 Å². The van der Waals surface area contributed by atoms with Crippen molar-refractivity contribution in [2.75, 3.05) is 30.3 Å². The average Bonchev–Trinajstić information content (AvgIpc) is 3.46. The van der Waals surface area contributed by atoms with Gasteiger partial charge in [-0.15, -0.1) is 0 Å². The third-order valence-corrected chi connectivity index (χ3v) is 9.47. The Hall–Kier alpha value is -1.98. The maximum absolute atomic E-state index is 11.5. The molecule has 0 saturated carbocycles. The molecule has 2 aromatic heterocycles. The summed E-state index contributed by atoms with van der Waals surface area (Å²) in [6, 6.07) is 6.06. The third-order valence-electron chi connectivity index (χ3n) is 8.11. The predicted molar refractivity (Wildman–Crippen MR) is 152 cm³/mol. The number of likely N-dealkylation sites (tertiary alicyclic amines) is 1. The number of aromatic nitrogens is 4. The lowest BCUT2D eigenvalue weighted by molar-refractivity contribution is 0.113. The van der Waals surface area contributed by atoms with E-state index in [9.17, 15) is 8.42 Å². The molecule has 0 bridgehead atoms. The third kappa shape index (κ3) is 5.65. The van der Waals surface area contributed by atoms with Crippen molar-refractivity contribution in [3.8, 4) is 0 Å². The van der Waals surface area contributed by atoms with Crippen LogP contribution in [0, 0.1) is 12.8 Å². The van der Waals surface area contributed by atoms with Gasteiger partial charge in [0.15, 0.2) is 5.65 Å². The normalized spacial score (nSPS) is 23.8. The molecule has 2 saturated heterocycles. The molecule has 1 aromatic carbocycles. The summed E-state index contributed by atoms with van der Waals surface area (Å²) >= 11 is 12.6. The topological polar surface area (TPSA) is 110 Å². The van der Waals surface area contributed by atoms with E-state index in [4.69, 9.17) is 43.4 Å². The zero-order valence-corrected chi connectivity index (χ0v) is 24.3. The Morgan fingerprint density at radius 1 is 1.21 bits per heavy atom. The molecule has 4 heterocycles. The Labute approximate surface area is 234 Å². The largest absolute Gasteiger partial charge is 0.355 e. The number of halogens is 2. The summed E-state index contributed by atoms with van der Waals surface area (Å²) in [5.41, 5.74) is 3.26. The quantitative estimate of drug-likeness (QED) is 0.441. The minimum atomic E-state index is -3.44. The Kier molecular flexibility index (Phi) is 7.90. The van der Waals surface area contributed by atoms with E-state index in [0.717, 1.165) is 67.1 Å². The van der Waals surface area contributed by atoms with Crippen LogP contribution in [0.3, 0.4) is 0 Å². The molecule has 5 rings (SSSR count). The zero-order valence-electron chi connectivity index (χ0n) is 22.0.